The lowest BCUT2D eigenvalue weighted by molar-refractivity contribution is -0.113. The molecule has 0 unspecified atom stereocenters. The summed E-state index contributed by atoms with van der Waals surface area (Å²) in [5, 5.41) is 8.05. The Labute approximate surface area is 130 Å². The van der Waals surface area contributed by atoms with Crippen LogP contribution < -0.4 is 11.1 Å². The van der Waals surface area contributed by atoms with Gasteiger partial charge in [-0.05, 0) is 47.1 Å². The zero-order valence-electron chi connectivity index (χ0n) is 11.2. The van der Waals surface area contributed by atoms with Crippen molar-refractivity contribution in [2.24, 2.45) is 7.05 Å². The molecule has 1 aromatic heterocycles. The van der Waals surface area contributed by atoms with Gasteiger partial charge < -0.3 is 11.1 Å². The molecular formula is C13H15BrN4OS. The van der Waals surface area contributed by atoms with Crippen LogP contribution in [0.4, 0.5) is 11.4 Å². The Hall–Kier alpha value is -1.47. The molecule has 0 fully saturated rings. The van der Waals surface area contributed by atoms with Gasteiger partial charge in [0.1, 0.15) is 0 Å². The molecule has 0 spiro atoms. The minimum absolute atomic E-state index is 0.0701. The summed E-state index contributed by atoms with van der Waals surface area (Å²) < 4.78 is 2.54. The average molecular weight is 355 g/mol. The molecular weight excluding hydrogens is 340 g/mol. The van der Waals surface area contributed by atoms with Crippen molar-refractivity contribution in [2.75, 3.05) is 16.8 Å². The number of benzene rings is 1. The summed E-state index contributed by atoms with van der Waals surface area (Å²) in [6.07, 6.45) is 0. The SMILES string of the molecule is Cc1cc(SCC(=O)Nc2ccc(N)cc2Br)n(C)n1. The lowest BCUT2D eigenvalue weighted by Gasteiger charge is -2.08. The molecule has 20 heavy (non-hydrogen) atoms. The van der Waals surface area contributed by atoms with Gasteiger partial charge >= 0.3 is 0 Å². The van der Waals surface area contributed by atoms with Crippen LogP contribution in [0.25, 0.3) is 0 Å². The van der Waals surface area contributed by atoms with E-state index in [0.717, 1.165) is 15.2 Å². The van der Waals surface area contributed by atoms with Gasteiger partial charge in [-0.3, -0.25) is 9.48 Å². The Morgan fingerprint density at radius 3 is 2.85 bits per heavy atom. The second-order valence-electron chi connectivity index (χ2n) is 4.32. The van der Waals surface area contributed by atoms with Crippen molar-refractivity contribution in [3.63, 3.8) is 0 Å². The lowest BCUT2D eigenvalue weighted by Crippen LogP contribution is -2.14. The molecule has 2 aromatic rings. The summed E-state index contributed by atoms with van der Waals surface area (Å²) in [6, 6.07) is 7.23. The van der Waals surface area contributed by atoms with Gasteiger partial charge in [-0.15, -0.1) is 0 Å². The highest BCUT2D eigenvalue weighted by Crippen LogP contribution is 2.25. The van der Waals surface area contributed by atoms with Crippen LogP contribution in [-0.4, -0.2) is 21.4 Å². The first-order valence-electron chi connectivity index (χ1n) is 5.94. The second kappa shape index (κ2) is 6.32. The number of thioether (sulfide) groups is 1. The molecule has 106 valence electrons. The van der Waals surface area contributed by atoms with Crippen LogP contribution >= 0.6 is 27.7 Å². The number of hydrogen-bond acceptors (Lipinski definition) is 4. The summed E-state index contributed by atoms with van der Waals surface area (Å²) >= 11 is 4.82. The number of hydrogen-bond donors (Lipinski definition) is 2. The third-order valence-corrected chi connectivity index (χ3v) is 4.32. The van der Waals surface area contributed by atoms with Gasteiger partial charge in [0.2, 0.25) is 5.91 Å². The smallest absolute Gasteiger partial charge is 0.234 e. The highest BCUT2D eigenvalue weighted by Gasteiger charge is 2.09. The summed E-state index contributed by atoms with van der Waals surface area (Å²) in [4.78, 5) is 11.9. The van der Waals surface area contributed by atoms with Gasteiger partial charge in [0.15, 0.2) is 0 Å². The molecule has 1 amide bonds. The van der Waals surface area contributed by atoms with Crippen LogP contribution in [0.3, 0.4) is 0 Å². The first-order valence-corrected chi connectivity index (χ1v) is 7.72. The van der Waals surface area contributed by atoms with Crippen molar-refractivity contribution in [2.45, 2.75) is 11.9 Å². The zero-order chi connectivity index (χ0) is 14.7. The number of rotatable bonds is 4. The van der Waals surface area contributed by atoms with Gasteiger partial charge in [0.05, 0.1) is 22.2 Å². The van der Waals surface area contributed by atoms with Crippen LogP contribution in [0.5, 0.6) is 0 Å². The summed E-state index contributed by atoms with van der Waals surface area (Å²) in [6.45, 7) is 1.93. The minimum Gasteiger partial charge on any atom is -0.399 e. The predicted molar refractivity (Wildman–Crippen MR) is 85.9 cm³/mol. The highest BCUT2D eigenvalue weighted by atomic mass is 79.9. The molecule has 2 rings (SSSR count). The quantitative estimate of drug-likeness (QED) is 0.653. The third-order valence-electron chi connectivity index (χ3n) is 2.58. The Morgan fingerprint density at radius 1 is 1.50 bits per heavy atom. The maximum absolute atomic E-state index is 11.9. The van der Waals surface area contributed by atoms with E-state index in [0.29, 0.717) is 17.1 Å². The van der Waals surface area contributed by atoms with Gasteiger partial charge in [-0.1, -0.05) is 11.8 Å². The molecule has 1 aromatic carbocycles. The van der Waals surface area contributed by atoms with Crippen LogP contribution in [0.1, 0.15) is 5.69 Å². The number of anilines is 2. The van der Waals surface area contributed by atoms with E-state index in [1.54, 1.807) is 22.9 Å². The van der Waals surface area contributed by atoms with E-state index in [-0.39, 0.29) is 5.91 Å². The van der Waals surface area contributed by atoms with Crippen LogP contribution in [0.2, 0.25) is 0 Å². The molecule has 5 nitrogen and oxygen atoms in total. The number of nitrogens with one attached hydrogen (secondary N) is 1. The molecule has 0 atom stereocenters. The first-order chi connectivity index (χ1) is 9.45. The monoisotopic (exact) mass is 354 g/mol. The minimum atomic E-state index is -0.0701. The van der Waals surface area contributed by atoms with Crippen molar-refractivity contribution in [1.29, 1.82) is 0 Å². The standard InChI is InChI=1S/C13H15BrN4OS/c1-8-5-13(18(2)17-8)20-7-12(19)16-11-4-3-9(15)6-10(11)14/h3-6H,7,15H2,1-2H3,(H,16,19). The second-order valence-corrected chi connectivity index (χ2v) is 6.17. The number of carbonyl (C=O) groups is 1. The van der Waals surface area contributed by atoms with Crippen molar-refractivity contribution in [1.82, 2.24) is 9.78 Å². The van der Waals surface area contributed by atoms with Gasteiger partial charge in [0.25, 0.3) is 0 Å². The van der Waals surface area contributed by atoms with E-state index in [1.165, 1.54) is 11.8 Å². The normalized spacial score (nSPS) is 10.6. The van der Waals surface area contributed by atoms with Crippen LogP contribution in [0, 0.1) is 6.92 Å². The predicted octanol–water partition coefficient (Wildman–Crippen LogP) is 2.80. The van der Waals surface area contributed by atoms with E-state index in [9.17, 15) is 4.79 Å². The number of aromatic nitrogens is 2. The molecule has 1 heterocycles. The number of amides is 1. The van der Waals surface area contributed by atoms with Gasteiger partial charge in [-0.2, -0.15) is 5.10 Å². The summed E-state index contributed by atoms with van der Waals surface area (Å²) in [5.41, 5.74) is 7.96. The molecule has 3 N–H and O–H groups in total. The molecule has 0 aliphatic rings. The van der Waals surface area contributed by atoms with Gasteiger partial charge in [-0.25, -0.2) is 0 Å². The summed E-state index contributed by atoms with van der Waals surface area (Å²) in [5.74, 6) is 0.259. The zero-order valence-corrected chi connectivity index (χ0v) is 13.6. The van der Waals surface area contributed by atoms with Crippen molar-refractivity contribution in [3.8, 4) is 0 Å². The number of halogens is 1. The van der Waals surface area contributed by atoms with Crippen molar-refractivity contribution in [3.05, 3.63) is 34.4 Å². The third kappa shape index (κ3) is 3.77. The maximum atomic E-state index is 11.9. The summed E-state index contributed by atoms with van der Waals surface area (Å²) in [7, 11) is 1.86. The fourth-order valence-electron chi connectivity index (χ4n) is 1.68. The number of nitrogens with zero attached hydrogens (tertiary/aromatic N) is 2. The lowest BCUT2D eigenvalue weighted by atomic mass is 10.3. The maximum Gasteiger partial charge on any atom is 0.234 e. The van der Waals surface area contributed by atoms with E-state index in [4.69, 9.17) is 5.73 Å². The molecule has 0 saturated carbocycles. The fourth-order valence-corrected chi connectivity index (χ4v) is 3.01. The average Bonchev–Trinajstić information content (AvgIpc) is 2.69. The number of aryl methyl sites for hydroxylation is 2. The highest BCUT2D eigenvalue weighted by molar-refractivity contribution is 9.10. The Morgan fingerprint density at radius 2 is 2.25 bits per heavy atom. The molecule has 0 saturated heterocycles. The molecule has 0 bridgehead atoms. The van der Waals surface area contributed by atoms with E-state index < -0.39 is 0 Å². The molecule has 0 radical (unpaired) electrons. The molecule has 0 aliphatic heterocycles. The van der Waals surface area contributed by atoms with E-state index >= 15 is 0 Å². The molecule has 0 aliphatic carbocycles. The van der Waals surface area contributed by atoms with Crippen molar-refractivity contribution < 1.29 is 4.79 Å². The Kier molecular flexibility index (Phi) is 4.72. The number of nitrogen functional groups attached to an aromatic ring is 1. The fraction of sp³-hybridized carbons (Fsp3) is 0.231. The van der Waals surface area contributed by atoms with Crippen LogP contribution in [-0.2, 0) is 11.8 Å². The topological polar surface area (TPSA) is 72.9 Å². The molecule has 7 heteroatoms. The largest absolute Gasteiger partial charge is 0.399 e. The number of nitrogens with two attached hydrogens (primary N) is 1. The Balaban J connectivity index is 1.94. The van der Waals surface area contributed by atoms with Crippen molar-refractivity contribution >= 4 is 45.0 Å². The number of carbonyl (C=O) groups excluding carboxylic acids is 1. The van der Waals surface area contributed by atoms with E-state index in [2.05, 4.69) is 26.3 Å². The Bertz CT molecular complexity index is 641. The van der Waals surface area contributed by atoms with Gasteiger partial charge in [0, 0.05) is 17.2 Å². The van der Waals surface area contributed by atoms with Crippen LogP contribution in [0.15, 0.2) is 33.8 Å². The first kappa shape index (κ1) is 14.9. The van der Waals surface area contributed by atoms with E-state index in [1.807, 2.05) is 20.0 Å².